The lowest BCUT2D eigenvalue weighted by atomic mass is 9.80. The van der Waals surface area contributed by atoms with E-state index < -0.39 is 0 Å². The molecular weight excluding hydrogens is 230 g/mol. The molecular formula is C13H27N3O2. The van der Waals surface area contributed by atoms with E-state index in [0.717, 1.165) is 12.8 Å². The second-order valence-electron chi connectivity index (χ2n) is 5.87. The van der Waals surface area contributed by atoms with Crippen LogP contribution in [0.5, 0.6) is 0 Å². The van der Waals surface area contributed by atoms with Crippen LogP contribution in [-0.2, 0) is 4.79 Å². The lowest BCUT2D eigenvalue weighted by Crippen LogP contribution is -2.29. The number of nitrogens with zero attached hydrogens (tertiary/aromatic N) is 1. The number of amides is 1. The predicted molar refractivity (Wildman–Crippen MR) is 73.5 cm³/mol. The number of unbranched alkanes of at least 4 members (excludes halogenated alkanes) is 1. The fourth-order valence-electron chi connectivity index (χ4n) is 1.37. The average Bonchev–Trinajstić information content (AvgIpc) is 2.26. The van der Waals surface area contributed by atoms with Crippen molar-refractivity contribution in [3.8, 4) is 0 Å². The third-order valence-electron chi connectivity index (χ3n) is 3.28. The van der Waals surface area contributed by atoms with Crippen molar-refractivity contribution in [1.82, 2.24) is 5.32 Å². The quantitative estimate of drug-likeness (QED) is 0.214. The van der Waals surface area contributed by atoms with Gasteiger partial charge in [0.2, 0.25) is 5.91 Å². The van der Waals surface area contributed by atoms with Crippen molar-refractivity contribution in [1.29, 1.82) is 0 Å². The van der Waals surface area contributed by atoms with Crippen LogP contribution in [0.2, 0.25) is 0 Å². The van der Waals surface area contributed by atoms with Gasteiger partial charge < -0.3 is 16.3 Å². The molecule has 0 spiro atoms. The highest BCUT2D eigenvalue weighted by Gasteiger charge is 2.22. The van der Waals surface area contributed by atoms with Crippen LogP contribution in [0, 0.1) is 11.3 Å². The smallest absolute Gasteiger partial charge is 0.220 e. The van der Waals surface area contributed by atoms with Gasteiger partial charge in [-0.15, -0.1) is 0 Å². The Morgan fingerprint density at radius 2 is 2.00 bits per heavy atom. The molecule has 5 heteroatoms. The molecule has 1 amide bonds. The van der Waals surface area contributed by atoms with Crippen molar-refractivity contribution < 1.29 is 10.0 Å². The Morgan fingerprint density at radius 1 is 1.39 bits per heavy atom. The van der Waals surface area contributed by atoms with Crippen LogP contribution >= 0.6 is 0 Å². The molecule has 0 saturated heterocycles. The number of hydrogen-bond donors (Lipinski definition) is 3. The van der Waals surface area contributed by atoms with Crippen molar-refractivity contribution >= 4 is 11.7 Å². The molecule has 1 atom stereocenters. The summed E-state index contributed by atoms with van der Waals surface area (Å²) in [5.41, 5.74) is 5.50. The zero-order chi connectivity index (χ0) is 14.2. The monoisotopic (exact) mass is 257 g/mol. The van der Waals surface area contributed by atoms with Crippen molar-refractivity contribution in [2.24, 2.45) is 22.2 Å². The number of oxime groups is 1. The maximum Gasteiger partial charge on any atom is 0.220 e. The van der Waals surface area contributed by atoms with Gasteiger partial charge in [-0.25, -0.2) is 0 Å². The lowest BCUT2D eigenvalue weighted by molar-refractivity contribution is -0.122. The van der Waals surface area contributed by atoms with Gasteiger partial charge in [0.05, 0.1) is 0 Å². The summed E-state index contributed by atoms with van der Waals surface area (Å²) in [6.45, 7) is 9.16. The molecule has 0 heterocycles. The Kier molecular flexibility index (Phi) is 7.39. The summed E-state index contributed by atoms with van der Waals surface area (Å²) in [4.78, 5) is 11.7. The van der Waals surface area contributed by atoms with Gasteiger partial charge in [-0.2, -0.15) is 0 Å². The Hall–Kier alpha value is -1.26. The third kappa shape index (κ3) is 7.92. The molecule has 4 N–H and O–H groups in total. The highest BCUT2D eigenvalue weighted by Crippen LogP contribution is 2.27. The summed E-state index contributed by atoms with van der Waals surface area (Å²) >= 11 is 0. The molecule has 5 nitrogen and oxygen atoms in total. The number of carbonyl (C=O) groups is 1. The normalized spacial score (nSPS) is 14.3. The fraction of sp³-hybridized carbons (Fsp3) is 0.846. The Morgan fingerprint density at radius 3 is 2.50 bits per heavy atom. The van der Waals surface area contributed by atoms with Gasteiger partial charge in [0.25, 0.3) is 0 Å². The maximum absolute atomic E-state index is 11.7. The van der Waals surface area contributed by atoms with E-state index in [2.05, 4.69) is 38.2 Å². The Balaban J connectivity index is 3.66. The van der Waals surface area contributed by atoms with E-state index in [1.807, 2.05) is 0 Å². The second-order valence-corrected chi connectivity index (χ2v) is 5.87. The van der Waals surface area contributed by atoms with Crippen molar-refractivity contribution in [3.63, 3.8) is 0 Å². The number of hydrogen-bond acceptors (Lipinski definition) is 3. The molecule has 0 saturated carbocycles. The number of carbonyl (C=O) groups excluding carboxylic acids is 1. The van der Waals surface area contributed by atoms with Crippen LogP contribution in [0.3, 0.4) is 0 Å². The summed E-state index contributed by atoms with van der Waals surface area (Å²) < 4.78 is 0. The van der Waals surface area contributed by atoms with E-state index >= 15 is 0 Å². The molecule has 0 rings (SSSR count). The third-order valence-corrected chi connectivity index (χ3v) is 3.28. The van der Waals surface area contributed by atoms with Crippen molar-refractivity contribution in [2.75, 3.05) is 6.54 Å². The molecule has 0 aliphatic heterocycles. The van der Waals surface area contributed by atoms with Gasteiger partial charge >= 0.3 is 0 Å². The first kappa shape index (κ1) is 16.7. The van der Waals surface area contributed by atoms with Crippen LogP contribution in [0.4, 0.5) is 0 Å². The number of rotatable bonds is 7. The van der Waals surface area contributed by atoms with E-state index in [0.29, 0.717) is 25.3 Å². The van der Waals surface area contributed by atoms with Crippen LogP contribution in [0.15, 0.2) is 5.16 Å². The van der Waals surface area contributed by atoms with Crippen LogP contribution < -0.4 is 11.1 Å². The number of amidine groups is 1. The van der Waals surface area contributed by atoms with Crippen molar-refractivity contribution in [2.45, 2.75) is 53.4 Å². The number of nitrogens with two attached hydrogens (primary N) is 1. The molecule has 0 aliphatic carbocycles. The summed E-state index contributed by atoms with van der Waals surface area (Å²) in [6, 6.07) is 0. The largest absolute Gasteiger partial charge is 0.409 e. The standard InChI is InChI=1S/C13H27N3O2/c1-10(13(2,3)4)9-12(17)15-8-6-5-7-11(14)16-18/h10,18H,5-9H2,1-4H3,(H2,14,16)(H,15,17). The Bertz CT molecular complexity index is 282. The zero-order valence-electron chi connectivity index (χ0n) is 12.0. The first-order chi connectivity index (χ1) is 8.27. The summed E-state index contributed by atoms with van der Waals surface area (Å²) in [5.74, 6) is 0.693. The molecule has 0 aromatic rings. The van der Waals surface area contributed by atoms with Gasteiger partial charge in [-0.1, -0.05) is 32.9 Å². The SMILES string of the molecule is CC(CC(=O)NCCCCC(N)=NO)C(C)(C)C. The minimum atomic E-state index is 0.0984. The van der Waals surface area contributed by atoms with Crippen LogP contribution in [0.25, 0.3) is 0 Å². The highest BCUT2D eigenvalue weighted by molar-refractivity contribution is 5.79. The van der Waals surface area contributed by atoms with E-state index in [9.17, 15) is 4.79 Å². The Labute approximate surface area is 110 Å². The van der Waals surface area contributed by atoms with Gasteiger partial charge in [-0.05, 0) is 24.2 Å². The molecule has 0 aliphatic rings. The molecule has 0 fully saturated rings. The zero-order valence-corrected chi connectivity index (χ0v) is 12.0. The van der Waals surface area contributed by atoms with Gasteiger partial charge in [-0.3, -0.25) is 4.79 Å². The van der Waals surface area contributed by atoms with E-state index in [4.69, 9.17) is 10.9 Å². The van der Waals surface area contributed by atoms with Gasteiger partial charge in [0.15, 0.2) is 0 Å². The predicted octanol–water partition coefficient (Wildman–Crippen LogP) is 2.09. The summed E-state index contributed by atoms with van der Waals surface area (Å²) in [7, 11) is 0. The molecule has 0 bridgehead atoms. The number of nitrogens with one attached hydrogen (secondary N) is 1. The summed E-state index contributed by atoms with van der Waals surface area (Å²) in [6.07, 6.45) is 2.77. The van der Waals surface area contributed by atoms with Gasteiger partial charge in [0.1, 0.15) is 5.84 Å². The minimum Gasteiger partial charge on any atom is -0.409 e. The average molecular weight is 257 g/mol. The molecule has 0 radical (unpaired) electrons. The molecule has 18 heavy (non-hydrogen) atoms. The molecule has 106 valence electrons. The lowest BCUT2D eigenvalue weighted by Gasteiger charge is -2.26. The van der Waals surface area contributed by atoms with E-state index in [-0.39, 0.29) is 17.2 Å². The van der Waals surface area contributed by atoms with E-state index in [1.165, 1.54) is 0 Å². The minimum absolute atomic E-state index is 0.0984. The van der Waals surface area contributed by atoms with Crippen LogP contribution in [-0.4, -0.2) is 23.5 Å². The molecule has 0 aromatic heterocycles. The fourth-order valence-corrected chi connectivity index (χ4v) is 1.37. The maximum atomic E-state index is 11.7. The first-order valence-electron chi connectivity index (χ1n) is 6.50. The van der Waals surface area contributed by atoms with Crippen LogP contribution in [0.1, 0.15) is 53.4 Å². The first-order valence-corrected chi connectivity index (χ1v) is 6.50. The van der Waals surface area contributed by atoms with Gasteiger partial charge in [0, 0.05) is 19.4 Å². The van der Waals surface area contributed by atoms with E-state index in [1.54, 1.807) is 0 Å². The summed E-state index contributed by atoms with van der Waals surface area (Å²) in [5, 5.41) is 14.1. The highest BCUT2D eigenvalue weighted by atomic mass is 16.4. The molecule has 1 unspecified atom stereocenters. The topological polar surface area (TPSA) is 87.7 Å². The molecule has 0 aromatic carbocycles. The van der Waals surface area contributed by atoms with Crippen molar-refractivity contribution in [3.05, 3.63) is 0 Å². The second kappa shape index (κ2) is 7.95.